The zero-order chi connectivity index (χ0) is 28.7. The van der Waals surface area contributed by atoms with Crippen LogP contribution in [0.25, 0.3) is 0 Å². The van der Waals surface area contributed by atoms with Crippen LogP contribution in [0.5, 0.6) is 5.75 Å². The molecule has 11 heteroatoms. The highest BCUT2D eigenvalue weighted by Crippen LogP contribution is 2.48. The largest absolute Gasteiger partial charge is 0.495 e. The van der Waals surface area contributed by atoms with E-state index in [0.29, 0.717) is 17.9 Å². The number of aliphatic hydroxyl groups excluding tert-OH is 1. The average molecular weight is 565 g/mol. The molecule has 1 aromatic carbocycles. The van der Waals surface area contributed by atoms with Gasteiger partial charge in [0.15, 0.2) is 5.72 Å². The van der Waals surface area contributed by atoms with E-state index in [1.54, 1.807) is 26.1 Å². The van der Waals surface area contributed by atoms with Gasteiger partial charge in [0.25, 0.3) is 0 Å². The zero-order valence-corrected chi connectivity index (χ0v) is 23.8. The fourth-order valence-electron chi connectivity index (χ4n) is 5.46. The Bertz CT molecular complexity index is 1190. The fraction of sp³-hybridized carbons (Fsp3) is 0.571. The van der Waals surface area contributed by atoms with Gasteiger partial charge in [-0.25, -0.2) is 4.79 Å². The third kappa shape index (κ3) is 5.81. The monoisotopic (exact) mass is 564 g/mol. The van der Waals surface area contributed by atoms with Crippen molar-refractivity contribution in [1.29, 1.82) is 0 Å². The molecule has 4 bridgehead atoms. The number of fused-ring (bicyclic) bond motifs is 5. The molecule has 1 aromatic rings. The molecule has 39 heavy (non-hydrogen) atoms. The predicted octanol–water partition coefficient (Wildman–Crippen LogP) is 3.12. The van der Waals surface area contributed by atoms with Gasteiger partial charge in [0, 0.05) is 26.5 Å². The number of amides is 2. The summed E-state index contributed by atoms with van der Waals surface area (Å²) in [5.41, 5.74) is -0.479. The second-order valence-corrected chi connectivity index (χ2v) is 11.2. The number of aliphatic hydroxyl groups is 2. The van der Waals surface area contributed by atoms with Crippen molar-refractivity contribution in [2.45, 2.75) is 75.8 Å². The first-order chi connectivity index (χ1) is 18.3. The van der Waals surface area contributed by atoms with E-state index in [-0.39, 0.29) is 23.8 Å². The highest BCUT2D eigenvalue weighted by atomic mass is 35.5. The number of anilines is 1. The van der Waals surface area contributed by atoms with E-state index >= 15 is 0 Å². The minimum atomic E-state index is -1.73. The first-order valence-corrected chi connectivity index (χ1v) is 13.3. The summed E-state index contributed by atoms with van der Waals surface area (Å²) in [5.74, 6) is -0.323. The second kappa shape index (κ2) is 11.1. The average Bonchev–Trinajstić information content (AvgIpc) is 3.58. The lowest BCUT2D eigenvalue weighted by atomic mass is 9.84. The number of nitrogens with one attached hydrogen (secondary N) is 1. The number of methoxy groups -OCH3 is 2. The molecule has 3 N–H and O–H groups in total. The molecule has 0 radical (unpaired) electrons. The van der Waals surface area contributed by atoms with Crippen LogP contribution in [0, 0.1) is 5.92 Å². The number of ether oxygens (including phenoxy) is 4. The molecule has 3 heterocycles. The molecule has 4 rings (SSSR count). The molecule has 2 fully saturated rings. The van der Waals surface area contributed by atoms with Crippen molar-refractivity contribution in [2.75, 3.05) is 26.2 Å². The maximum absolute atomic E-state index is 13.3. The highest BCUT2D eigenvalue weighted by Gasteiger charge is 2.62. The van der Waals surface area contributed by atoms with Gasteiger partial charge < -0.3 is 34.1 Å². The van der Waals surface area contributed by atoms with Gasteiger partial charge in [0.05, 0.1) is 31.4 Å². The van der Waals surface area contributed by atoms with Gasteiger partial charge in [-0.15, -0.1) is 0 Å². The normalized spacial score (nSPS) is 37.6. The van der Waals surface area contributed by atoms with Crippen LogP contribution in [0.2, 0.25) is 5.02 Å². The highest BCUT2D eigenvalue weighted by molar-refractivity contribution is 6.35. The summed E-state index contributed by atoms with van der Waals surface area (Å²) in [6.45, 7) is 5.48. The minimum absolute atomic E-state index is 0.0310. The van der Waals surface area contributed by atoms with Crippen molar-refractivity contribution in [3.05, 3.63) is 46.5 Å². The molecule has 2 saturated heterocycles. The number of carbonyl (C=O) groups excluding carboxylic acids is 2. The number of nitrogens with zero attached hydrogens (tertiary/aromatic N) is 1. The van der Waals surface area contributed by atoms with Crippen LogP contribution in [0.4, 0.5) is 10.5 Å². The zero-order valence-electron chi connectivity index (χ0n) is 23.1. The first-order valence-electron chi connectivity index (χ1n) is 12.9. The maximum atomic E-state index is 13.3. The predicted molar refractivity (Wildman–Crippen MR) is 145 cm³/mol. The van der Waals surface area contributed by atoms with Crippen LogP contribution in [-0.4, -0.2) is 79.2 Å². The Hall–Kier alpha value is -2.63. The van der Waals surface area contributed by atoms with E-state index in [4.69, 9.17) is 30.5 Å². The van der Waals surface area contributed by atoms with Crippen molar-refractivity contribution in [1.82, 2.24) is 5.32 Å². The standard InChI is InChI=1S/C28H37ClN2O8/c1-15-8-7-9-22(37-6)28(35)14-20(38-26(34)30-28)16(2)25-27(3,39-25)21(32)13-23(33)31(4)18-11-17(10-15)12-19(36-5)24(18)29/h7-9,11-12,16,20-22,25,32,35H,10,13-14H2,1-6H3,(H,30,34)/b9-7+,15-8-/t16-,20-,21+,22-,25+,27+,28+/m1/s1. The lowest BCUT2D eigenvalue weighted by Crippen LogP contribution is -2.63. The Morgan fingerprint density at radius 3 is 2.64 bits per heavy atom. The Morgan fingerprint density at radius 2 is 1.97 bits per heavy atom. The summed E-state index contributed by atoms with van der Waals surface area (Å²) in [7, 11) is 4.56. The van der Waals surface area contributed by atoms with Crippen LogP contribution in [-0.2, 0) is 25.4 Å². The quantitative estimate of drug-likeness (QED) is 0.467. The van der Waals surface area contributed by atoms with Crippen molar-refractivity contribution < 1.29 is 38.7 Å². The number of carbonyl (C=O) groups is 2. The van der Waals surface area contributed by atoms with Gasteiger partial charge in [-0.05, 0) is 38.0 Å². The molecule has 3 aliphatic rings. The molecule has 0 spiro atoms. The third-order valence-corrected chi connectivity index (χ3v) is 8.36. The maximum Gasteiger partial charge on any atom is 0.409 e. The van der Waals surface area contributed by atoms with E-state index in [0.717, 1.165) is 11.1 Å². The third-order valence-electron chi connectivity index (χ3n) is 7.98. The SMILES string of the molecule is COc1cc2cc(c1Cl)N(C)C(=O)C[C@H](O)[C@]1(C)O[C@H]1[C@H](C)[C@H]1C[C@@](O)(NC(=O)O1)[C@H](OC)/C=C/C=C(/C)C2. The molecule has 2 amide bonds. The molecular weight excluding hydrogens is 528 g/mol. The molecule has 0 saturated carbocycles. The molecule has 0 aliphatic carbocycles. The summed E-state index contributed by atoms with van der Waals surface area (Å²) in [6.07, 6.45) is 1.63. The molecule has 0 unspecified atom stereocenters. The number of hydrogen-bond acceptors (Lipinski definition) is 8. The smallest absolute Gasteiger partial charge is 0.409 e. The van der Waals surface area contributed by atoms with Gasteiger partial charge in [-0.2, -0.15) is 0 Å². The van der Waals surface area contributed by atoms with Crippen molar-refractivity contribution in [3.63, 3.8) is 0 Å². The van der Waals surface area contributed by atoms with E-state index < -0.39 is 47.8 Å². The first kappa shape index (κ1) is 29.4. The second-order valence-electron chi connectivity index (χ2n) is 10.8. The summed E-state index contributed by atoms with van der Waals surface area (Å²) in [4.78, 5) is 27.1. The molecule has 7 atom stereocenters. The minimum Gasteiger partial charge on any atom is -0.495 e. The van der Waals surface area contributed by atoms with Crippen LogP contribution in [0.15, 0.2) is 35.9 Å². The number of allylic oxidation sites excluding steroid dienone is 3. The van der Waals surface area contributed by atoms with Crippen LogP contribution < -0.4 is 15.0 Å². The Kier molecular flexibility index (Phi) is 8.35. The molecule has 10 nitrogen and oxygen atoms in total. The number of epoxide rings is 1. The number of rotatable bonds is 2. The van der Waals surface area contributed by atoms with E-state index in [1.807, 2.05) is 32.1 Å². The van der Waals surface area contributed by atoms with Gasteiger partial charge in [0.2, 0.25) is 5.91 Å². The summed E-state index contributed by atoms with van der Waals surface area (Å²) in [6, 6.07) is 3.63. The lowest BCUT2D eigenvalue weighted by molar-refractivity contribution is -0.142. The van der Waals surface area contributed by atoms with E-state index in [2.05, 4.69) is 5.32 Å². The lowest BCUT2D eigenvalue weighted by Gasteiger charge is -2.42. The van der Waals surface area contributed by atoms with Gasteiger partial charge in [0.1, 0.15) is 28.6 Å². The fourth-order valence-corrected chi connectivity index (χ4v) is 5.78. The number of benzene rings is 1. The summed E-state index contributed by atoms with van der Waals surface area (Å²) in [5, 5.41) is 25.3. The Morgan fingerprint density at radius 1 is 1.26 bits per heavy atom. The molecule has 3 aliphatic heterocycles. The molecule has 214 valence electrons. The van der Waals surface area contributed by atoms with Crippen LogP contribution in [0.3, 0.4) is 0 Å². The number of alkyl carbamates (subject to hydrolysis) is 1. The van der Waals surface area contributed by atoms with E-state index in [1.165, 1.54) is 19.1 Å². The van der Waals surface area contributed by atoms with E-state index in [9.17, 15) is 19.8 Å². The van der Waals surface area contributed by atoms with Crippen molar-refractivity contribution in [2.24, 2.45) is 5.92 Å². The molecular formula is C28H37ClN2O8. The van der Waals surface area contributed by atoms with Gasteiger partial charge in [-0.3, -0.25) is 10.1 Å². The van der Waals surface area contributed by atoms with Gasteiger partial charge in [-0.1, -0.05) is 42.3 Å². The van der Waals surface area contributed by atoms with Crippen molar-refractivity contribution in [3.8, 4) is 5.75 Å². The number of halogens is 1. The summed E-state index contributed by atoms with van der Waals surface area (Å²) < 4.78 is 22.4. The van der Waals surface area contributed by atoms with Crippen LogP contribution >= 0.6 is 11.6 Å². The van der Waals surface area contributed by atoms with Gasteiger partial charge >= 0.3 is 6.09 Å². The topological polar surface area (TPSA) is 130 Å². The Labute approximate surface area is 233 Å². The van der Waals surface area contributed by atoms with Crippen LogP contribution in [0.1, 0.15) is 39.2 Å². The Balaban J connectivity index is 1.74. The molecule has 0 aromatic heterocycles. The number of hydrogen-bond donors (Lipinski definition) is 3. The van der Waals surface area contributed by atoms with Crippen molar-refractivity contribution >= 4 is 29.3 Å². The summed E-state index contributed by atoms with van der Waals surface area (Å²) >= 11 is 6.58.